The van der Waals surface area contributed by atoms with Gasteiger partial charge in [0.15, 0.2) is 12.5 Å². The van der Waals surface area contributed by atoms with Crippen molar-refractivity contribution in [2.45, 2.75) is 19.3 Å². The quantitative estimate of drug-likeness (QED) is 0.540. The standard InChI is InChI=1S/C18H14O.C4H5NO/c19-18-7-3-6-14-16-9-8-12-4-1-2-5-13(12)15(16)10-11-17(14)18;1-2-5-4-6-3-1/h1-2,4-5,8-11H,3,6-7H2;1-3H,4H2. The zero-order valence-electron chi connectivity index (χ0n) is 13.9. The first-order valence-electron chi connectivity index (χ1n) is 8.58. The van der Waals surface area contributed by atoms with Crippen molar-refractivity contribution < 1.29 is 9.53 Å². The molecule has 2 aliphatic rings. The third-order valence-corrected chi connectivity index (χ3v) is 4.68. The molecule has 124 valence electrons. The van der Waals surface area contributed by atoms with Gasteiger partial charge < -0.3 is 4.74 Å². The van der Waals surface area contributed by atoms with Crippen molar-refractivity contribution >= 4 is 33.5 Å². The van der Waals surface area contributed by atoms with Gasteiger partial charge in [0.2, 0.25) is 0 Å². The van der Waals surface area contributed by atoms with Crippen LogP contribution < -0.4 is 0 Å². The molecule has 0 bridgehead atoms. The van der Waals surface area contributed by atoms with Crippen LogP contribution in [0.2, 0.25) is 0 Å². The minimum absolute atomic E-state index is 0.302. The highest BCUT2D eigenvalue weighted by atomic mass is 16.5. The summed E-state index contributed by atoms with van der Waals surface area (Å²) in [7, 11) is 0. The molecule has 3 aromatic rings. The smallest absolute Gasteiger partial charge is 0.178 e. The van der Waals surface area contributed by atoms with Gasteiger partial charge in [-0.3, -0.25) is 9.79 Å². The fraction of sp³-hybridized carbons (Fsp3) is 0.182. The normalized spacial score (nSPS) is 15.4. The Morgan fingerprint density at radius 3 is 2.52 bits per heavy atom. The first-order valence-corrected chi connectivity index (χ1v) is 8.58. The van der Waals surface area contributed by atoms with Crippen LogP contribution in [0, 0.1) is 0 Å². The predicted octanol–water partition coefficient (Wildman–Crippen LogP) is 5.07. The van der Waals surface area contributed by atoms with Gasteiger partial charge in [0.05, 0.1) is 6.26 Å². The summed E-state index contributed by atoms with van der Waals surface area (Å²) in [5.41, 5.74) is 2.19. The molecule has 5 rings (SSSR count). The van der Waals surface area contributed by atoms with Gasteiger partial charge in [-0.15, -0.1) is 0 Å². The van der Waals surface area contributed by atoms with Gasteiger partial charge in [-0.05, 0) is 46.0 Å². The van der Waals surface area contributed by atoms with Gasteiger partial charge in [0.25, 0.3) is 0 Å². The van der Waals surface area contributed by atoms with Crippen LogP contribution in [0.5, 0.6) is 0 Å². The number of fused-ring (bicyclic) bond motifs is 5. The maximum atomic E-state index is 12.0. The van der Waals surface area contributed by atoms with E-state index in [-0.39, 0.29) is 0 Å². The predicted molar refractivity (Wildman–Crippen MR) is 102 cm³/mol. The van der Waals surface area contributed by atoms with E-state index >= 15 is 0 Å². The van der Waals surface area contributed by atoms with Crippen LogP contribution in [0.3, 0.4) is 0 Å². The fourth-order valence-corrected chi connectivity index (χ4v) is 3.52. The molecule has 1 aliphatic carbocycles. The molecule has 0 spiro atoms. The lowest BCUT2D eigenvalue weighted by Gasteiger charge is -2.17. The maximum Gasteiger partial charge on any atom is 0.178 e. The number of hydrogen-bond acceptors (Lipinski definition) is 3. The van der Waals surface area contributed by atoms with Crippen molar-refractivity contribution in [2.75, 3.05) is 6.73 Å². The largest absolute Gasteiger partial charge is 0.479 e. The molecule has 3 heteroatoms. The molecule has 0 amide bonds. The minimum atomic E-state index is 0.302. The lowest BCUT2D eigenvalue weighted by Crippen LogP contribution is -2.10. The lowest BCUT2D eigenvalue weighted by atomic mass is 9.86. The van der Waals surface area contributed by atoms with Crippen LogP contribution in [-0.2, 0) is 11.2 Å². The minimum Gasteiger partial charge on any atom is -0.479 e. The number of carbonyl (C=O) groups is 1. The number of rotatable bonds is 0. The highest BCUT2D eigenvalue weighted by molar-refractivity contribution is 6.12. The number of nitrogens with zero attached hydrogens (tertiary/aromatic N) is 1. The average molecular weight is 329 g/mol. The molecule has 0 radical (unpaired) electrons. The molecule has 25 heavy (non-hydrogen) atoms. The maximum absolute atomic E-state index is 12.0. The Morgan fingerprint density at radius 1 is 0.880 bits per heavy atom. The van der Waals surface area contributed by atoms with Crippen LogP contribution in [0.4, 0.5) is 0 Å². The van der Waals surface area contributed by atoms with E-state index in [1.54, 1.807) is 18.6 Å². The lowest BCUT2D eigenvalue weighted by molar-refractivity contribution is 0.0973. The Morgan fingerprint density at radius 2 is 1.76 bits per heavy atom. The molecule has 0 saturated heterocycles. The Labute approximate surface area is 146 Å². The number of ether oxygens (including phenoxy) is 1. The second-order valence-electron chi connectivity index (χ2n) is 6.21. The second-order valence-corrected chi connectivity index (χ2v) is 6.21. The monoisotopic (exact) mass is 329 g/mol. The van der Waals surface area contributed by atoms with E-state index in [9.17, 15) is 4.79 Å². The van der Waals surface area contributed by atoms with Crippen LogP contribution in [-0.4, -0.2) is 18.7 Å². The molecule has 3 nitrogen and oxygen atoms in total. The van der Waals surface area contributed by atoms with Gasteiger partial charge in [-0.25, -0.2) is 0 Å². The van der Waals surface area contributed by atoms with Gasteiger partial charge in [-0.2, -0.15) is 0 Å². The number of aryl methyl sites for hydroxylation is 1. The van der Waals surface area contributed by atoms with E-state index in [0.717, 1.165) is 18.4 Å². The SMILES string of the molecule is C1=COCN=C1.O=C1CCCc2c1ccc1c2ccc2ccccc21. The number of hydrogen-bond donors (Lipinski definition) is 0. The van der Waals surface area contributed by atoms with Gasteiger partial charge >= 0.3 is 0 Å². The van der Waals surface area contributed by atoms with Crippen molar-refractivity contribution in [1.29, 1.82) is 0 Å². The number of allylic oxidation sites excluding steroid dienone is 1. The molecule has 1 heterocycles. The van der Waals surface area contributed by atoms with E-state index in [1.807, 2.05) is 6.07 Å². The molecule has 0 atom stereocenters. The van der Waals surface area contributed by atoms with Gasteiger partial charge in [0, 0.05) is 18.2 Å². The zero-order valence-corrected chi connectivity index (χ0v) is 13.9. The third-order valence-electron chi connectivity index (χ3n) is 4.68. The topological polar surface area (TPSA) is 38.7 Å². The van der Waals surface area contributed by atoms with Crippen LogP contribution in [0.25, 0.3) is 21.5 Å². The van der Waals surface area contributed by atoms with Crippen molar-refractivity contribution in [1.82, 2.24) is 0 Å². The Balaban J connectivity index is 0.000000223. The molecule has 3 aromatic carbocycles. The Kier molecular flexibility index (Phi) is 4.30. The van der Waals surface area contributed by atoms with E-state index < -0.39 is 0 Å². The second kappa shape index (κ2) is 6.89. The summed E-state index contributed by atoms with van der Waals surface area (Å²) >= 11 is 0. The van der Waals surface area contributed by atoms with Crippen LogP contribution in [0.1, 0.15) is 28.8 Å². The first kappa shape index (κ1) is 15.6. The van der Waals surface area contributed by atoms with E-state index in [2.05, 4.69) is 47.5 Å². The van der Waals surface area contributed by atoms with Gasteiger partial charge in [-0.1, -0.05) is 48.5 Å². The Hall–Kier alpha value is -2.94. The molecule has 0 saturated carbocycles. The number of ketones is 1. The molecular weight excluding hydrogens is 310 g/mol. The number of carbonyl (C=O) groups excluding carboxylic acids is 1. The summed E-state index contributed by atoms with van der Waals surface area (Å²) in [6.45, 7) is 0.483. The third kappa shape index (κ3) is 3.05. The van der Waals surface area contributed by atoms with Crippen molar-refractivity contribution in [3.63, 3.8) is 0 Å². The van der Waals surface area contributed by atoms with Crippen LogP contribution in [0.15, 0.2) is 65.9 Å². The molecule has 0 fully saturated rings. The number of Topliss-reactive ketones (excluding diaryl/α,β-unsaturated/α-hetero) is 1. The Bertz CT molecular complexity index is 990. The summed E-state index contributed by atoms with van der Waals surface area (Å²) in [4.78, 5) is 15.7. The molecule has 1 aliphatic heterocycles. The fourth-order valence-electron chi connectivity index (χ4n) is 3.52. The van der Waals surface area contributed by atoms with Crippen molar-refractivity contribution in [3.05, 3.63) is 72.0 Å². The van der Waals surface area contributed by atoms with Crippen LogP contribution >= 0.6 is 0 Å². The molecular formula is C22H19NO2. The molecule has 0 unspecified atom stereocenters. The summed E-state index contributed by atoms with van der Waals surface area (Å²) in [6, 6.07) is 16.9. The van der Waals surface area contributed by atoms with E-state index in [0.29, 0.717) is 18.9 Å². The zero-order chi connectivity index (χ0) is 17.1. The first-order chi connectivity index (χ1) is 12.3. The average Bonchev–Trinajstić information content (AvgIpc) is 2.69. The summed E-state index contributed by atoms with van der Waals surface area (Å²) in [6.07, 6.45) is 7.79. The summed E-state index contributed by atoms with van der Waals surface area (Å²) in [5.74, 6) is 0.302. The molecule has 0 aromatic heterocycles. The van der Waals surface area contributed by atoms with E-state index in [4.69, 9.17) is 4.74 Å². The van der Waals surface area contributed by atoms with Gasteiger partial charge in [0.1, 0.15) is 0 Å². The van der Waals surface area contributed by atoms with Crippen molar-refractivity contribution in [2.24, 2.45) is 4.99 Å². The summed E-state index contributed by atoms with van der Waals surface area (Å²) in [5, 5.41) is 5.06. The number of aliphatic imine (C=N–C) groups is 1. The van der Waals surface area contributed by atoms with Crippen molar-refractivity contribution in [3.8, 4) is 0 Å². The van der Waals surface area contributed by atoms with E-state index in [1.165, 1.54) is 27.1 Å². The molecule has 0 N–H and O–H groups in total. The number of benzene rings is 3. The highest BCUT2D eigenvalue weighted by Gasteiger charge is 2.19. The summed E-state index contributed by atoms with van der Waals surface area (Å²) < 4.78 is 4.69. The highest BCUT2D eigenvalue weighted by Crippen LogP contribution is 2.33.